The first-order valence-corrected chi connectivity index (χ1v) is 9.48. The summed E-state index contributed by atoms with van der Waals surface area (Å²) in [5, 5.41) is 2.55. The summed E-state index contributed by atoms with van der Waals surface area (Å²) in [6.45, 7) is 4.55. The predicted molar refractivity (Wildman–Crippen MR) is 102 cm³/mol. The van der Waals surface area contributed by atoms with Crippen LogP contribution in [-0.2, 0) is 4.79 Å². The molecule has 1 atom stereocenters. The molecule has 3 aliphatic heterocycles. The highest BCUT2D eigenvalue weighted by molar-refractivity contribution is 5.86. The molecule has 0 saturated carbocycles. The molecular formula is C18H22F3N7O. The maximum atomic E-state index is 13.6. The molecule has 2 saturated heterocycles. The average molecular weight is 409 g/mol. The monoisotopic (exact) mass is 409 g/mol. The van der Waals surface area contributed by atoms with Crippen LogP contribution in [0.2, 0.25) is 0 Å². The SMILES string of the molecule is CC1CN(c2cc(C3=CNC(N)=NC3C(F)(F)F)nc(N3CCC(=O)CC3)n2)C1. The van der Waals surface area contributed by atoms with Gasteiger partial charge in [0.25, 0.3) is 0 Å². The Morgan fingerprint density at radius 3 is 2.48 bits per heavy atom. The highest BCUT2D eigenvalue weighted by atomic mass is 19.4. The molecule has 0 aliphatic carbocycles. The van der Waals surface area contributed by atoms with Gasteiger partial charge in [0.2, 0.25) is 5.95 Å². The normalized spacial score (nSPS) is 23.3. The number of hydrogen-bond donors (Lipinski definition) is 2. The lowest BCUT2D eigenvalue weighted by Crippen LogP contribution is -2.46. The van der Waals surface area contributed by atoms with Gasteiger partial charge in [-0.1, -0.05) is 6.92 Å². The number of nitrogens with zero attached hydrogens (tertiary/aromatic N) is 5. The summed E-state index contributed by atoms with van der Waals surface area (Å²) >= 11 is 0. The van der Waals surface area contributed by atoms with Crippen molar-refractivity contribution in [3.05, 3.63) is 18.0 Å². The Bertz CT molecular complexity index is 867. The Morgan fingerprint density at radius 2 is 1.86 bits per heavy atom. The number of nitrogens with one attached hydrogen (secondary N) is 1. The van der Waals surface area contributed by atoms with Crippen molar-refractivity contribution in [2.24, 2.45) is 16.6 Å². The smallest absolute Gasteiger partial charge is 0.370 e. The van der Waals surface area contributed by atoms with E-state index in [1.807, 2.05) is 9.80 Å². The number of ketones is 1. The molecule has 0 amide bonds. The lowest BCUT2D eigenvalue weighted by atomic mass is 10.0. The average Bonchev–Trinajstić information content (AvgIpc) is 2.65. The van der Waals surface area contributed by atoms with Crippen LogP contribution in [0.3, 0.4) is 0 Å². The second kappa shape index (κ2) is 7.20. The number of aliphatic imine (C=N–C) groups is 1. The minimum atomic E-state index is -4.60. The van der Waals surface area contributed by atoms with Gasteiger partial charge in [0.1, 0.15) is 11.6 Å². The first-order chi connectivity index (χ1) is 13.7. The van der Waals surface area contributed by atoms with Crippen LogP contribution in [0, 0.1) is 5.92 Å². The number of anilines is 2. The number of carbonyl (C=O) groups is 1. The molecule has 0 aromatic carbocycles. The molecule has 0 spiro atoms. The van der Waals surface area contributed by atoms with Crippen molar-refractivity contribution in [2.45, 2.75) is 32.0 Å². The van der Waals surface area contributed by atoms with Gasteiger partial charge in [0.05, 0.1) is 5.69 Å². The molecule has 4 heterocycles. The zero-order valence-electron chi connectivity index (χ0n) is 15.9. The summed E-state index contributed by atoms with van der Waals surface area (Å²) in [6.07, 6.45) is -2.65. The molecule has 1 aromatic rings. The summed E-state index contributed by atoms with van der Waals surface area (Å²) < 4.78 is 40.8. The van der Waals surface area contributed by atoms with Crippen molar-refractivity contribution >= 4 is 29.1 Å². The van der Waals surface area contributed by atoms with E-state index in [1.54, 1.807) is 6.07 Å². The number of nitrogens with two attached hydrogens (primary N) is 1. The minimum Gasteiger partial charge on any atom is -0.370 e. The summed E-state index contributed by atoms with van der Waals surface area (Å²) in [6, 6.07) is -0.536. The summed E-state index contributed by atoms with van der Waals surface area (Å²) in [5.74, 6) is 1.26. The minimum absolute atomic E-state index is 0.113. The lowest BCUT2D eigenvalue weighted by molar-refractivity contribution is -0.134. The van der Waals surface area contributed by atoms with E-state index in [-0.39, 0.29) is 23.0 Å². The largest absolute Gasteiger partial charge is 0.415 e. The molecular weight excluding hydrogens is 387 g/mol. The summed E-state index contributed by atoms with van der Waals surface area (Å²) in [7, 11) is 0. The Balaban J connectivity index is 1.73. The maximum Gasteiger partial charge on any atom is 0.415 e. The van der Waals surface area contributed by atoms with Crippen molar-refractivity contribution < 1.29 is 18.0 Å². The number of hydrogen-bond acceptors (Lipinski definition) is 8. The van der Waals surface area contributed by atoms with Crippen LogP contribution in [0.25, 0.3) is 5.57 Å². The third kappa shape index (κ3) is 3.99. The van der Waals surface area contributed by atoms with Gasteiger partial charge in [0, 0.05) is 56.9 Å². The molecule has 11 heteroatoms. The molecule has 8 nitrogen and oxygen atoms in total. The zero-order valence-corrected chi connectivity index (χ0v) is 15.9. The Hall–Kier alpha value is -2.85. The van der Waals surface area contributed by atoms with Gasteiger partial charge >= 0.3 is 6.18 Å². The van der Waals surface area contributed by atoms with Gasteiger partial charge in [-0.3, -0.25) is 4.79 Å². The fraction of sp³-hybridized carbons (Fsp3) is 0.556. The fourth-order valence-electron chi connectivity index (χ4n) is 3.66. The van der Waals surface area contributed by atoms with E-state index in [1.165, 1.54) is 6.20 Å². The van der Waals surface area contributed by atoms with Crippen LogP contribution in [0.4, 0.5) is 24.9 Å². The molecule has 1 aromatic heterocycles. The lowest BCUT2D eigenvalue weighted by Gasteiger charge is -2.39. The van der Waals surface area contributed by atoms with Gasteiger partial charge in [-0.25, -0.2) is 9.98 Å². The predicted octanol–water partition coefficient (Wildman–Crippen LogP) is 1.29. The van der Waals surface area contributed by atoms with Crippen molar-refractivity contribution in [1.82, 2.24) is 15.3 Å². The van der Waals surface area contributed by atoms with Crippen molar-refractivity contribution in [3.63, 3.8) is 0 Å². The number of rotatable bonds is 3. The molecule has 1 unspecified atom stereocenters. The van der Waals surface area contributed by atoms with Crippen LogP contribution < -0.4 is 20.9 Å². The van der Waals surface area contributed by atoms with Crippen molar-refractivity contribution in [1.29, 1.82) is 0 Å². The number of Topliss-reactive ketones (excluding diaryl/α,β-unsaturated/α-hetero) is 1. The number of aromatic nitrogens is 2. The molecule has 3 aliphatic rings. The van der Waals surface area contributed by atoms with E-state index in [9.17, 15) is 18.0 Å². The Labute approximate surface area is 165 Å². The Kier molecular flexibility index (Phi) is 4.83. The quantitative estimate of drug-likeness (QED) is 0.776. The van der Waals surface area contributed by atoms with Crippen LogP contribution in [-0.4, -0.2) is 60.1 Å². The molecule has 156 valence electrons. The van der Waals surface area contributed by atoms with E-state index in [0.29, 0.717) is 43.6 Å². The van der Waals surface area contributed by atoms with E-state index in [4.69, 9.17) is 5.73 Å². The topological polar surface area (TPSA) is 99.7 Å². The van der Waals surface area contributed by atoms with E-state index in [0.717, 1.165) is 13.1 Å². The van der Waals surface area contributed by atoms with Crippen LogP contribution in [0.15, 0.2) is 17.3 Å². The molecule has 29 heavy (non-hydrogen) atoms. The standard InChI is InChI=1S/C18H22F3N7O/c1-10-8-28(9-10)14-6-13(12-7-23-16(22)26-15(12)18(19,20)21)24-17(25-14)27-4-2-11(29)3-5-27/h6-7,10,15H,2-5,8-9H2,1H3,(H3,22,23,26). The van der Waals surface area contributed by atoms with Gasteiger partial charge in [-0.2, -0.15) is 18.2 Å². The number of piperidine rings is 1. The van der Waals surface area contributed by atoms with Crippen LogP contribution in [0.1, 0.15) is 25.5 Å². The molecule has 2 fully saturated rings. The second-order valence-corrected chi connectivity index (χ2v) is 7.65. The maximum absolute atomic E-state index is 13.6. The van der Waals surface area contributed by atoms with E-state index >= 15 is 0 Å². The zero-order chi connectivity index (χ0) is 20.8. The van der Waals surface area contributed by atoms with Crippen molar-refractivity contribution in [3.8, 4) is 0 Å². The first-order valence-electron chi connectivity index (χ1n) is 9.48. The van der Waals surface area contributed by atoms with E-state index in [2.05, 4.69) is 27.2 Å². The van der Waals surface area contributed by atoms with Crippen LogP contribution in [0.5, 0.6) is 0 Å². The van der Waals surface area contributed by atoms with E-state index < -0.39 is 12.2 Å². The first kappa shape index (κ1) is 19.5. The van der Waals surface area contributed by atoms with Crippen LogP contribution >= 0.6 is 0 Å². The molecule has 3 N–H and O–H groups in total. The van der Waals surface area contributed by atoms with Gasteiger partial charge < -0.3 is 20.9 Å². The van der Waals surface area contributed by atoms with Crippen molar-refractivity contribution in [2.75, 3.05) is 36.0 Å². The Morgan fingerprint density at radius 1 is 1.17 bits per heavy atom. The highest BCUT2D eigenvalue weighted by Crippen LogP contribution is 2.36. The number of alkyl halides is 3. The third-order valence-electron chi connectivity index (χ3n) is 5.24. The fourth-order valence-corrected chi connectivity index (χ4v) is 3.66. The van der Waals surface area contributed by atoms with Gasteiger partial charge in [-0.15, -0.1) is 0 Å². The number of carbonyl (C=O) groups excluding carboxylic acids is 1. The number of halogens is 3. The summed E-state index contributed by atoms with van der Waals surface area (Å²) in [4.78, 5) is 27.9. The molecule has 0 bridgehead atoms. The summed E-state index contributed by atoms with van der Waals surface area (Å²) in [5.41, 5.74) is 5.49. The second-order valence-electron chi connectivity index (χ2n) is 7.65. The van der Waals surface area contributed by atoms with Gasteiger partial charge in [0.15, 0.2) is 12.0 Å². The highest BCUT2D eigenvalue weighted by Gasteiger charge is 2.45. The third-order valence-corrected chi connectivity index (χ3v) is 5.24. The molecule has 0 radical (unpaired) electrons. The molecule has 4 rings (SSSR count). The van der Waals surface area contributed by atoms with Gasteiger partial charge in [-0.05, 0) is 5.92 Å². The number of guanidine groups is 1.